The van der Waals surface area contributed by atoms with E-state index in [1.165, 1.54) is 0 Å². The van der Waals surface area contributed by atoms with Crippen molar-refractivity contribution in [2.45, 2.75) is 26.3 Å². The Morgan fingerprint density at radius 1 is 1.50 bits per heavy atom. The summed E-state index contributed by atoms with van der Waals surface area (Å²) in [7, 11) is 0. The highest BCUT2D eigenvalue weighted by atomic mass is 16.4. The standard InChI is InChI=1S/C12H17N3O3/c1-8(2)15-6-4-10(13-15)11(16)14-5-3-9(7-14)12(17)18/h4,6,8-9H,3,5,7H2,1-2H3,(H,17,18). The highest BCUT2D eigenvalue weighted by Crippen LogP contribution is 2.18. The highest BCUT2D eigenvalue weighted by Gasteiger charge is 2.32. The molecule has 0 aromatic carbocycles. The lowest BCUT2D eigenvalue weighted by Crippen LogP contribution is -2.30. The number of carbonyl (C=O) groups is 2. The second kappa shape index (κ2) is 4.80. The minimum Gasteiger partial charge on any atom is -0.481 e. The summed E-state index contributed by atoms with van der Waals surface area (Å²) in [4.78, 5) is 24.5. The first-order valence-corrected chi connectivity index (χ1v) is 6.06. The van der Waals surface area contributed by atoms with Gasteiger partial charge in [-0.2, -0.15) is 5.10 Å². The van der Waals surface area contributed by atoms with E-state index >= 15 is 0 Å². The lowest BCUT2D eigenvalue weighted by molar-refractivity contribution is -0.141. The fraction of sp³-hybridized carbons (Fsp3) is 0.583. The summed E-state index contributed by atoms with van der Waals surface area (Å²) >= 11 is 0. The zero-order valence-electron chi connectivity index (χ0n) is 10.5. The van der Waals surface area contributed by atoms with E-state index in [2.05, 4.69) is 5.10 Å². The van der Waals surface area contributed by atoms with Gasteiger partial charge < -0.3 is 10.0 Å². The third-order valence-corrected chi connectivity index (χ3v) is 3.18. The fourth-order valence-electron chi connectivity index (χ4n) is 2.05. The van der Waals surface area contributed by atoms with E-state index in [-0.39, 0.29) is 18.5 Å². The lowest BCUT2D eigenvalue weighted by atomic mass is 10.1. The predicted molar refractivity (Wildman–Crippen MR) is 64.3 cm³/mol. The van der Waals surface area contributed by atoms with Gasteiger partial charge in [0.1, 0.15) is 5.69 Å². The summed E-state index contributed by atoms with van der Waals surface area (Å²) < 4.78 is 1.72. The van der Waals surface area contributed by atoms with Gasteiger partial charge in [0, 0.05) is 25.3 Å². The van der Waals surface area contributed by atoms with Crippen LogP contribution in [0.1, 0.15) is 36.8 Å². The molecule has 1 N–H and O–H groups in total. The zero-order valence-corrected chi connectivity index (χ0v) is 10.5. The summed E-state index contributed by atoms with van der Waals surface area (Å²) in [6.07, 6.45) is 2.29. The molecule has 1 saturated heterocycles. The molecule has 0 radical (unpaired) electrons. The SMILES string of the molecule is CC(C)n1ccc(C(=O)N2CCC(C(=O)O)C2)n1. The maximum atomic E-state index is 12.1. The van der Waals surface area contributed by atoms with E-state index in [4.69, 9.17) is 5.11 Å². The van der Waals surface area contributed by atoms with E-state index in [1.807, 2.05) is 13.8 Å². The Kier molecular flexibility index (Phi) is 3.36. The second-order valence-electron chi connectivity index (χ2n) is 4.85. The highest BCUT2D eigenvalue weighted by molar-refractivity contribution is 5.92. The number of hydrogen-bond acceptors (Lipinski definition) is 3. The monoisotopic (exact) mass is 251 g/mol. The van der Waals surface area contributed by atoms with Crippen LogP contribution in [0.15, 0.2) is 12.3 Å². The molecule has 1 aromatic heterocycles. The molecule has 0 aliphatic carbocycles. The number of carboxylic acid groups (broad SMARTS) is 1. The van der Waals surface area contributed by atoms with Crippen LogP contribution < -0.4 is 0 Å². The maximum absolute atomic E-state index is 12.1. The molecule has 2 rings (SSSR count). The molecule has 0 spiro atoms. The number of aromatic nitrogens is 2. The molecule has 1 aliphatic heterocycles. The number of likely N-dealkylation sites (tertiary alicyclic amines) is 1. The van der Waals surface area contributed by atoms with Gasteiger partial charge in [-0.25, -0.2) is 0 Å². The second-order valence-corrected chi connectivity index (χ2v) is 4.85. The molecule has 1 atom stereocenters. The van der Waals surface area contributed by atoms with Gasteiger partial charge in [-0.3, -0.25) is 14.3 Å². The number of aliphatic carboxylic acids is 1. The van der Waals surface area contributed by atoms with E-state index in [9.17, 15) is 9.59 Å². The average molecular weight is 251 g/mol. The van der Waals surface area contributed by atoms with Crippen molar-refractivity contribution in [1.82, 2.24) is 14.7 Å². The molecule has 2 heterocycles. The first-order valence-electron chi connectivity index (χ1n) is 6.06. The van der Waals surface area contributed by atoms with Crippen LogP contribution in [-0.4, -0.2) is 44.8 Å². The lowest BCUT2D eigenvalue weighted by Gasteiger charge is -2.14. The Bertz CT molecular complexity index is 467. The van der Waals surface area contributed by atoms with Gasteiger partial charge in [0.25, 0.3) is 5.91 Å². The van der Waals surface area contributed by atoms with Crippen molar-refractivity contribution in [2.75, 3.05) is 13.1 Å². The number of nitrogens with zero attached hydrogens (tertiary/aromatic N) is 3. The van der Waals surface area contributed by atoms with Crippen LogP contribution in [0.4, 0.5) is 0 Å². The number of hydrogen-bond donors (Lipinski definition) is 1. The number of rotatable bonds is 3. The van der Waals surface area contributed by atoms with Gasteiger partial charge in [-0.15, -0.1) is 0 Å². The molecule has 6 nitrogen and oxygen atoms in total. The molecule has 1 aromatic rings. The van der Waals surface area contributed by atoms with Crippen LogP contribution in [0, 0.1) is 5.92 Å². The Morgan fingerprint density at radius 3 is 2.72 bits per heavy atom. The van der Waals surface area contributed by atoms with Gasteiger partial charge in [-0.1, -0.05) is 0 Å². The third-order valence-electron chi connectivity index (χ3n) is 3.18. The normalized spacial score (nSPS) is 19.5. The predicted octanol–water partition coefficient (Wildman–Crippen LogP) is 1.01. The summed E-state index contributed by atoms with van der Waals surface area (Å²) in [6, 6.07) is 1.88. The fourth-order valence-corrected chi connectivity index (χ4v) is 2.05. The van der Waals surface area contributed by atoms with Gasteiger partial charge in [-0.05, 0) is 26.3 Å². The van der Waals surface area contributed by atoms with Crippen LogP contribution in [0.5, 0.6) is 0 Å². The molecule has 18 heavy (non-hydrogen) atoms. The van der Waals surface area contributed by atoms with Crippen LogP contribution in [0.2, 0.25) is 0 Å². The molecule has 1 aliphatic rings. The molecule has 1 amide bonds. The smallest absolute Gasteiger partial charge is 0.308 e. The Morgan fingerprint density at radius 2 is 2.22 bits per heavy atom. The van der Waals surface area contributed by atoms with Gasteiger partial charge in [0.15, 0.2) is 0 Å². The zero-order chi connectivity index (χ0) is 13.3. The maximum Gasteiger partial charge on any atom is 0.308 e. The Hall–Kier alpha value is -1.85. The molecule has 0 bridgehead atoms. The van der Waals surface area contributed by atoms with Crippen molar-refractivity contribution in [1.29, 1.82) is 0 Å². The minimum absolute atomic E-state index is 0.182. The molecular weight excluding hydrogens is 234 g/mol. The largest absolute Gasteiger partial charge is 0.481 e. The van der Waals surface area contributed by atoms with E-state index < -0.39 is 11.9 Å². The molecule has 98 valence electrons. The molecule has 6 heteroatoms. The van der Waals surface area contributed by atoms with Crippen molar-refractivity contribution in [3.8, 4) is 0 Å². The number of amides is 1. The Balaban J connectivity index is 2.05. The van der Waals surface area contributed by atoms with Crippen LogP contribution >= 0.6 is 0 Å². The van der Waals surface area contributed by atoms with Gasteiger partial charge in [0.2, 0.25) is 0 Å². The first-order chi connectivity index (χ1) is 8.49. The summed E-state index contributed by atoms with van der Waals surface area (Å²) in [6.45, 7) is 4.74. The van der Waals surface area contributed by atoms with E-state index in [1.54, 1.807) is 21.8 Å². The molecular formula is C12H17N3O3. The van der Waals surface area contributed by atoms with Gasteiger partial charge >= 0.3 is 5.97 Å². The summed E-state index contributed by atoms with van der Waals surface area (Å²) in [5.74, 6) is -1.46. The van der Waals surface area contributed by atoms with E-state index in [0.29, 0.717) is 18.7 Å². The quantitative estimate of drug-likeness (QED) is 0.870. The molecule has 0 saturated carbocycles. The van der Waals surface area contributed by atoms with Crippen molar-refractivity contribution >= 4 is 11.9 Å². The van der Waals surface area contributed by atoms with Crippen molar-refractivity contribution in [3.63, 3.8) is 0 Å². The summed E-state index contributed by atoms with van der Waals surface area (Å²) in [5.41, 5.74) is 0.384. The summed E-state index contributed by atoms with van der Waals surface area (Å²) in [5, 5.41) is 13.1. The van der Waals surface area contributed by atoms with Crippen LogP contribution in [0.25, 0.3) is 0 Å². The topological polar surface area (TPSA) is 75.4 Å². The van der Waals surface area contributed by atoms with E-state index in [0.717, 1.165) is 0 Å². The van der Waals surface area contributed by atoms with Gasteiger partial charge in [0.05, 0.1) is 5.92 Å². The first kappa shape index (κ1) is 12.6. The van der Waals surface area contributed by atoms with Crippen LogP contribution in [0.3, 0.4) is 0 Å². The number of carboxylic acids is 1. The van der Waals surface area contributed by atoms with Crippen LogP contribution in [-0.2, 0) is 4.79 Å². The van der Waals surface area contributed by atoms with Crippen molar-refractivity contribution in [2.24, 2.45) is 5.92 Å². The third kappa shape index (κ3) is 2.37. The molecule has 1 unspecified atom stereocenters. The van der Waals surface area contributed by atoms with Crippen molar-refractivity contribution < 1.29 is 14.7 Å². The number of carbonyl (C=O) groups excluding carboxylic acids is 1. The average Bonchev–Trinajstić information content (AvgIpc) is 2.97. The van der Waals surface area contributed by atoms with Crippen molar-refractivity contribution in [3.05, 3.63) is 18.0 Å². The molecule has 1 fully saturated rings. The minimum atomic E-state index is -0.835. The Labute approximate surface area is 105 Å².